The second-order valence-corrected chi connectivity index (χ2v) is 8.56. The van der Waals surface area contributed by atoms with Gasteiger partial charge in [0, 0.05) is 23.0 Å². The molecule has 0 spiro atoms. The predicted molar refractivity (Wildman–Crippen MR) is 121 cm³/mol. The molecular weight excluding hydrogens is 404 g/mol. The largest absolute Gasteiger partial charge is 0.354 e. The van der Waals surface area contributed by atoms with Gasteiger partial charge in [0.05, 0.1) is 5.75 Å². The molecule has 4 nitrogen and oxygen atoms in total. The van der Waals surface area contributed by atoms with Crippen molar-refractivity contribution in [1.82, 2.24) is 10.2 Å². The second kappa shape index (κ2) is 11.9. The van der Waals surface area contributed by atoms with Gasteiger partial charge in [0.25, 0.3) is 0 Å². The van der Waals surface area contributed by atoms with Gasteiger partial charge in [-0.25, -0.2) is 0 Å². The van der Waals surface area contributed by atoms with Crippen molar-refractivity contribution in [3.05, 3.63) is 64.7 Å². The lowest BCUT2D eigenvalue weighted by atomic mass is 10.1. The average Bonchev–Trinajstić information content (AvgIpc) is 2.72. The van der Waals surface area contributed by atoms with Crippen LogP contribution < -0.4 is 5.32 Å². The standard InChI is InChI=1S/C23H29ClN2O2S/c1-4-5-14-25-23(28)18(3)26(15-19-8-10-20(24)11-9-19)22(27)16-29-21-12-6-17(2)7-13-21/h6-13,18H,4-5,14-16H2,1-3H3,(H,25,28)/t18-/m1/s1. The molecule has 0 aliphatic heterocycles. The summed E-state index contributed by atoms with van der Waals surface area (Å²) < 4.78 is 0. The van der Waals surface area contributed by atoms with E-state index in [4.69, 9.17) is 11.6 Å². The third-order valence-corrected chi connectivity index (χ3v) is 5.90. The Morgan fingerprint density at radius 1 is 1.10 bits per heavy atom. The van der Waals surface area contributed by atoms with Gasteiger partial charge in [-0.3, -0.25) is 9.59 Å². The zero-order valence-corrected chi connectivity index (χ0v) is 18.9. The Labute approximate surface area is 183 Å². The number of halogens is 1. The Kier molecular flexibility index (Phi) is 9.55. The van der Waals surface area contributed by atoms with Crippen LogP contribution in [0.25, 0.3) is 0 Å². The maximum atomic E-state index is 13.0. The van der Waals surface area contributed by atoms with E-state index in [0.29, 0.717) is 18.1 Å². The number of amides is 2. The van der Waals surface area contributed by atoms with E-state index in [1.807, 2.05) is 43.3 Å². The minimum Gasteiger partial charge on any atom is -0.354 e. The number of thioether (sulfide) groups is 1. The summed E-state index contributed by atoms with van der Waals surface area (Å²) in [6, 6.07) is 14.9. The number of benzene rings is 2. The quantitative estimate of drug-likeness (QED) is 0.421. The summed E-state index contributed by atoms with van der Waals surface area (Å²) in [7, 11) is 0. The van der Waals surface area contributed by atoms with Crippen LogP contribution in [0.2, 0.25) is 5.02 Å². The number of rotatable bonds is 10. The van der Waals surface area contributed by atoms with Crippen LogP contribution in [0.4, 0.5) is 0 Å². The molecule has 2 amide bonds. The number of carbonyl (C=O) groups excluding carboxylic acids is 2. The molecule has 1 N–H and O–H groups in total. The number of aryl methyl sites for hydroxylation is 1. The van der Waals surface area contributed by atoms with Crippen molar-refractivity contribution in [1.29, 1.82) is 0 Å². The van der Waals surface area contributed by atoms with Gasteiger partial charge < -0.3 is 10.2 Å². The van der Waals surface area contributed by atoms with Crippen LogP contribution in [-0.2, 0) is 16.1 Å². The highest BCUT2D eigenvalue weighted by atomic mass is 35.5. The predicted octanol–water partition coefficient (Wildman–Crippen LogP) is 5.07. The van der Waals surface area contributed by atoms with Crippen LogP contribution in [0.1, 0.15) is 37.8 Å². The third kappa shape index (κ3) is 7.75. The van der Waals surface area contributed by atoms with E-state index < -0.39 is 6.04 Å². The molecular formula is C23H29ClN2O2S. The summed E-state index contributed by atoms with van der Waals surface area (Å²) in [6.45, 7) is 6.89. The Hall–Kier alpha value is -1.98. The molecule has 0 bridgehead atoms. The van der Waals surface area contributed by atoms with E-state index in [-0.39, 0.29) is 17.6 Å². The lowest BCUT2D eigenvalue weighted by molar-refractivity contribution is -0.138. The lowest BCUT2D eigenvalue weighted by Crippen LogP contribution is -2.48. The number of nitrogens with one attached hydrogen (secondary N) is 1. The van der Waals surface area contributed by atoms with Crippen LogP contribution in [0.5, 0.6) is 0 Å². The van der Waals surface area contributed by atoms with Crippen LogP contribution >= 0.6 is 23.4 Å². The number of carbonyl (C=O) groups is 2. The van der Waals surface area contributed by atoms with Crippen molar-refractivity contribution in [2.45, 2.75) is 51.1 Å². The number of nitrogens with zero attached hydrogens (tertiary/aromatic N) is 1. The van der Waals surface area contributed by atoms with Gasteiger partial charge in [-0.1, -0.05) is 54.8 Å². The Balaban J connectivity index is 2.08. The smallest absolute Gasteiger partial charge is 0.242 e. The van der Waals surface area contributed by atoms with Gasteiger partial charge in [-0.15, -0.1) is 11.8 Å². The molecule has 1 atom stereocenters. The van der Waals surface area contributed by atoms with Crippen molar-refractivity contribution in [3.63, 3.8) is 0 Å². The molecule has 0 fully saturated rings. The summed E-state index contributed by atoms with van der Waals surface area (Å²) >= 11 is 7.46. The molecule has 0 aliphatic rings. The van der Waals surface area contributed by atoms with Crippen LogP contribution in [0, 0.1) is 6.92 Å². The first kappa shape index (κ1) is 23.3. The molecule has 29 heavy (non-hydrogen) atoms. The van der Waals surface area contributed by atoms with E-state index >= 15 is 0 Å². The fourth-order valence-electron chi connectivity index (χ4n) is 2.77. The highest BCUT2D eigenvalue weighted by Gasteiger charge is 2.26. The summed E-state index contributed by atoms with van der Waals surface area (Å²) in [4.78, 5) is 28.3. The van der Waals surface area contributed by atoms with Crippen molar-refractivity contribution in [3.8, 4) is 0 Å². The highest BCUT2D eigenvalue weighted by molar-refractivity contribution is 8.00. The molecule has 0 heterocycles. The molecule has 2 aromatic carbocycles. The third-order valence-electron chi connectivity index (χ3n) is 4.65. The van der Waals surface area contributed by atoms with Gasteiger partial charge in [0.2, 0.25) is 11.8 Å². The van der Waals surface area contributed by atoms with E-state index in [1.165, 1.54) is 17.3 Å². The fraction of sp³-hybridized carbons (Fsp3) is 0.391. The van der Waals surface area contributed by atoms with Crippen molar-refractivity contribution >= 4 is 35.2 Å². The number of hydrogen-bond acceptors (Lipinski definition) is 3. The van der Waals surface area contributed by atoms with E-state index in [1.54, 1.807) is 24.0 Å². The molecule has 156 valence electrons. The van der Waals surface area contributed by atoms with Crippen LogP contribution in [0.15, 0.2) is 53.4 Å². The molecule has 0 unspecified atom stereocenters. The topological polar surface area (TPSA) is 49.4 Å². The molecule has 0 radical (unpaired) electrons. The zero-order chi connectivity index (χ0) is 21.2. The van der Waals surface area contributed by atoms with Crippen LogP contribution in [-0.4, -0.2) is 35.1 Å². The first-order valence-corrected chi connectivity index (χ1v) is 11.3. The van der Waals surface area contributed by atoms with Crippen molar-refractivity contribution < 1.29 is 9.59 Å². The maximum absolute atomic E-state index is 13.0. The fourth-order valence-corrected chi connectivity index (χ4v) is 3.68. The van der Waals surface area contributed by atoms with E-state index in [0.717, 1.165) is 23.3 Å². The molecule has 0 aliphatic carbocycles. The summed E-state index contributed by atoms with van der Waals surface area (Å²) in [5.74, 6) is 0.0910. The minimum atomic E-state index is -0.548. The Morgan fingerprint density at radius 2 is 1.76 bits per heavy atom. The second-order valence-electron chi connectivity index (χ2n) is 7.07. The number of unbranched alkanes of at least 4 members (excludes halogenated alkanes) is 1. The van der Waals surface area contributed by atoms with Gasteiger partial charge in [0.1, 0.15) is 6.04 Å². The Bertz CT molecular complexity index is 794. The summed E-state index contributed by atoms with van der Waals surface area (Å²) in [6.07, 6.45) is 1.93. The molecule has 6 heteroatoms. The van der Waals surface area contributed by atoms with Gasteiger partial charge in [0.15, 0.2) is 0 Å². The van der Waals surface area contributed by atoms with E-state index in [9.17, 15) is 9.59 Å². The summed E-state index contributed by atoms with van der Waals surface area (Å²) in [5.41, 5.74) is 2.12. The zero-order valence-electron chi connectivity index (χ0n) is 17.3. The van der Waals surface area contributed by atoms with Gasteiger partial charge in [-0.05, 0) is 50.1 Å². The van der Waals surface area contributed by atoms with Crippen molar-refractivity contribution in [2.75, 3.05) is 12.3 Å². The minimum absolute atomic E-state index is 0.0660. The molecule has 0 aromatic heterocycles. The number of hydrogen-bond donors (Lipinski definition) is 1. The average molecular weight is 433 g/mol. The first-order chi connectivity index (χ1) is 13.9. The SMILES string of the molecule is CCCCNC(=O)[C@@H](C)N(Cc1ccc(Cl)cc1)C(=O)CSc1ccc(C)cc1. The molecule has 0 saturated heterocycles. The monoisotopic (exact) mass is 432 g/mol. The maximum Gasteiger partial charge on any atom is 0.242 e. The summed E-state index contributed by atoms with van der Waals surface area (Å²) in [5, 5.41) is 3.58. The lowest BCUT2D eigenvalue weighted by Gasteiger charge is -2.28. The Morgan fingerprint density at radius 3 is 2.38 bits per heavy atom. The van der Waals surface area contributed by atoms with Crippen molar-refractivity contribution in [2.24, 2.45) is 0 Å². The molecule has 0 saturated carbocycles. The normalized spacial score (nSPS) is 11.7. The van der Waals surface area contributed by atoms with Gasteiger partial charge >= 0.3 is 0 Å². The van der Waals surface area contributed by atoms with Gasteiger partial charge in [-0.2, -0.15) is 0 Å². The highest BCUT2D eigenvalue weighted by Crippen LogP contribution is 2.20. The molecule has 2 rings (SSSR count). The molecule has 2 aromatic rings. The van der Waals surface area contributed by atoms with E-state index in [2.05, 4.69) is 12.2 Å². The first-order valence-electron chi connectivity index (χ1n) is 9.91. The van der Waals surface area contributed by atoms with Crippen LogP contribution in [0.3, 0.4) is 0 Å².